The maximum Gasteiger partial charge on any atom is 0.334 e. The molecule has 0 aromatic heterocycles. The van der Waals surface area contributed by atoms with E-state index in [1.165, 1.54) is 12.5 Å². The number of hydrogen-bond donors (Lipinski definition) is 0. The first-order valence-electron chi connectivity index (χ1n) is 7.73. The van der Waals surface area contributed by atoms with Gasteiger partial charge in [0.15, 0.2) is 0 Å². The maximum absolute atomic E-state index is 12.1. The lowest BCUT2D eigenvalue weighted by molar-refractivity contribution is -0.151. The molecule has 4 rings (SSSR count). The molecule has 5 heteroatoms. The van der Waals surface area contributed by atoms with Gasteiger partial charge in [0.2, 0.25) is 0 Å². The normalized spacial score (nSPS) is 48.6. The van der Waals surface area contributed by atoms with Gasteiger partial charge in [-0.3, -0.25) is 4.79 Å². The van der Waals surface area contributed by atoms with Crippen LogP contribution in [0.5, 0.6) is 0 Å². The molecule has 0 aromatic rings. The van der Waals surface area contributed by atoms with Crippen LogP contribution in [-0.4, -0.2) is 35.3 Å². The summed E-state index contributed by atoms with van der Waals surface area (Å²) in [5.41, 5.74) is 0.934. The van der Waals surface area contributed by atoms with Gasteiger partial charge in [-0.25, -0.2) is 4.79 Å². The van der Waals surface area contributed by atoms with E-state index in [0.29, 0.717) is 12.0 Å². The highest BCUT2D eigenvalue weighted by atomic mass is 16.6. The van der Waals surface area contributed by atoms with Gasteiger partial charge in [-0.15, -0.1) is 0 Å². The summed E-state index contributed by atoms with van der Waals surface area (Å²) >= 11 is 0. The van der Waals surface area contributed by atoms with E-state index in [0.717, 1.165) is 6.42 Å². The van der Waals surface area contributed by atoms with E-state index in [2.05, 4.69) is 26.5 Å². The molecule has 118 valence electrons. The molecule has 2 aliphatic heterocycles. The fraction of sp³-hybridized carbons (Fsp3) is 0.647. The van der Waals surface area contributed by atoms with Crippen LogP contribution in [0.3, 0.4) is 0 Å². The third-order valence-corrected chi connectivity index (χ3v) is 5.88. The third-order valence-electron chi connectivity index (χ3n) is 5.88. The molecule has 0 unspecified atom stereocenters. The summed E-state index contributed by atoms with van der Waals surface area (Å²) in [4.78, 5) is 23.6. The van der Waals surface area contributed by atoms with Crippen LogP contribution in [0, 0.1) is 11.8 Å². The highest BCUT2D eigenvalue weighted by Gasteiger charge is 2.77. The molecular weight excluding hydrogens is 284 g/mol. The molecule has 0 aromatic carbocycles. The van der Waals surface area contributed by atoms with E-state index in [1.54, 1.807) is 0 Å². The van der Waals surface area contributed by atoms with Crippen LogP contribution < -0.4 is 0 Å². The summed E-state index contributed by atoms with van der Waals surface area (Å²) in [5.74, 6) is -1.00. The fourth-order valence-corrected chi connectivity index (χ4v) is 4.86. The van der Waals surface area contributed by atoms with Crippen LogP contribution in [0.4, 0.5) is 0 Å². The van der Waals surface area contributed by atoms with Crippen LogP contribution in [0.25, 0.3) is 0 Å². The van der Waals surface area contributed by atoms with Gasteiger partial charge >= 0.3 is 11.9 Å². The molecule has 0 N–H and O–H groups in total. The number of carbonyl (C=O) groups excluding carboxylic acids is 2. The number of esters is 2. The van der Waals surface area contributed by atoms with Crippen molar-refractivity contribution in [3.05, 3.63) is 23.8 Å². The average Bonchev–Trinajstić information content (AvgIpc) is 2.68. The fourth-order valence-electron chi connectivity index (χ4n) is 4.86. The second kappa shape index (κ2) is 4.02. The van der Waals surface area contributed by atoms with E-state index in [9.17, 15) is 9.59 Å². The molecule has 3 fully saturated rings. The summed E-state index contributed by atoms with van der Waals surface area (Å²) in [6.07, 6.45) is 2.78. The standard InChI is InChI=1S/C17H20O5/c1-8-5-6-17-13(8)14-12(9(2)15(19)21-14)11(20-10(3)18)7-16(17,4)22-17/h5,11-14H,2,6-7H2,1,3-4H3/t11-,12+,13+,14-,16-,17+/m0/s1. The SMILES string of the molecule is C=C1C(=O)O[C@H]2[C@H]1[C@@H](OC(C)=O)C[C@]1(C)O[C@@]13CC=C(C)[C@H]23. The minimum absolute atomic E-state index is 0.0197. The lowest BCUT2D eigenvalue weighted by Crippen LogP contribution is -2.39. The monoisotopic (exact) mass is 304 g/mol. The Labute approximate surface area is 129 Å². The summed E-state index contributed by atoms with van der Waals surface area (Å²) in [5, 5.41) is 0. The van der Waals surface area contributed by atoms with E-state index < -0.39 is 6.10 Å². The predicted molar refractivity (Wildman–Crippen MR) is 76.8 cm³/mol. The lowest BCUT2D eigenvalue weighted by Gasteiger charge is -2.29. The van der Waals surface area contributed by atoms with Crippen molar-refractivity contribution >= 4 is 11.9 Å². The number of epoxide rings is 1. The van der Waals surface area contributed by atoms with E-state index in [4.69, 9.17) is 14.2 Å². The molecule has 1 saturated carbocycles. The van der Waals surface area contributed by atoms with Crippen molar-refractivity contribution in [1.82, 2.24) is 0 Å². The summed E-state index contributed by atoms with van der Waals surface area (Å²) in [6, 6.07) is 0. The first-order chi connectivity index (χ1) is 10.3. The van der Waals surface area contributed by atoms with Crippen molar-refractivity contribution in [3.8, 4) is 0 Å². The van der Waals surface area contributed by atoms with Gasteiger partial charge in [0.1, 0.15) is 17.8 Å². The molecule has 2 aliphatic carbocycles. The summed E-state index contributed by atoms with van der Waals surface area (Å²) in [6.45, 7) is 9.40. The van der Waals surface area contributed by atoms with Crippen molar-refractivity contribution in [3.63, 3.8) is 0 Å². The smallest absolute Gasteiger partial charge is 0.334 e. The first-order valence-corrected chi connectivity index (χ1v) is 7.73. The van der Waals surface area contributed by atoms with Gasteiger partial charge in [0.05, 0.1) is 11.5 Å². The Hall–Kier alpha value is -1.62. The lowest BCUT2D eigenvalue weighted by atomic mass is 9.78. The molecule has 4 aliphatic rings. The van der Waals surface area contributed by atoms with Crippen LogP contribution in [0.2, 0.25) is 0 Å². The highest BCUT2D eigenvalue weighted by Crippen LogP contribution is 2.67. The minimum atomic E-state index is -0.427. The molecule has 22 heavy (non-hydrogen) atoms. The zero-order valence-corrected chi connectivity index (χ0v) is 13.0. The predicted octanol–water partition coefficient (Wildman–Crippen LogP) is 1.91. The van der Waals surface area contributed by atoms with Gasteiger partial charge < -0.3 is 14.2 Å². The topological polar surface area (TPSA) is 65.1 Å². The van der Waals surface area contributed by atoms with E-state index in [1.807, 2.05) is 0 Å². The van der Waals surface area contributed by atoms with Gasteiger partial charge in [0.25, 0.3) is 0 Å². The molecular formula is C17H20O5. The van der Waals surface area contributed by atoms with Crippen LogP contribution in [0.15, 0.2) is 23.8 Å². The van der Waals surface area contributed by atoms with E-state index >= 15 is 0 Å². The molecule has 1 spiro atoms. The van der Waals surface area contributed by atoms with Gasteiger partial charge in [-0.1, -0.05) is 18.2 Å². The Kier molecular flexibility index (Phi) is 2.56. The van der Waals surface area contributed by atoms with E-state index in [-0.39, 0.29) is 41.1 Å². The number of rotatable bonds is 1. The average molecular weight is 304 g/mol. The number of carbonyl (C=O) groups is 2. The molecule has 0 bridgehead atoms. The zero-order valence-electron chi connectivity index (χ0n) is 13.0. The molecule has 6 atom stereocenters. The molecule has 0 radical (unpaired) electrons. The van der Waals surface area contributed by atoms with Crippen molar-refractivity contribution < 1.29 is 23.8 Å². The maximum atomic E-state index is 12.1. The van der Waals surface area contributed by atoms with Gasteiger partial charge in [-0.2, -0.15) is 0 Å². The summed E-state index contributed by atoms with van der Waals surface area (Å²) < 4.78 is 17.3. The van der Waals surface area contributed by atoms with Crippen molar-refractivity contribution in [2.24, 2.45) is 11.8 Å². The van der Waals surface area contributed by atoms with Gasteiger partial charge in [-0.05, 0) is 20.3 Å². The third kappa shape index (κ3) is 1.52. The number of hydrogen-bond acceptors (Lipinski definition) is 5. The quantitative estimate of drug-likeness (QED) is 0.320. The Morgan fingerprint density at radius 2 is 2.23 bits per heavy atom. The van der Waals surface area contributed by atoms with Crippen molar-refractivity contribution in [2.75, 3.05) is 0 Å². The molecule has 2 saturated heterocycles. The summed E-state index contributed by atoms with van der Waals surface area (Å²) in [7, 11) is 0. The van der Waals surface area contributed by atoms with Crippen LogP contribution in [0.1, 0.15) is 33.6 Å². The van der Waals surface area contributed by atoms with Crippen molar-refractivity contribution in [1.29, 1.82) is 0 Å². The second-order valence-corrected chi connectivity index (χ2v) is 7.13. The molecule has 0 amide bonds. The zero-order chi connectivity index (χ0) is 15.9. The van der Waals surface area contributed by atoms with Crippen LogP contribution in [-0.2, 0) is 23.8 Å². The van der Waals surface area contributed by atoms with Crippen LogP contribution >= 0.6 is 0 Å². The Bertz CT molecular complexity index is 635. The first kappa shape index (κ1) is 14.0. The largest absolute Gasteiger partial charge is 0.462 e. The molecule has 5 nitrogen and oxygen atoms in total. The highest BCUT2D eigenvalue weighted by molar-refractivity contribution is 5.91. The number of ether oxygens (including phenoxy) is 3. The van der Waals surface area contributed by atoms with Crippen molar-refractivity contribution in [2.45, 2.75) is 57.0 Å². The Balaban J connectivity index is 1.80. The minimum Gasteiger partial charge on any atom is -0.462 e. The Morgan fingerprint density at radius 1 is 1.50 bits per heavy atom. The second-order valence-electron chi connectivity index (χ2n) is 7.13. The van der Waals surface area contributed by atoms with Gasteiger partial charge in [0, 0.05) is 24.8 Å². The number of fused-ring (bicyclic) bond motifs is 2. The Morgan fingerprint density at radius 3 is 2.91 bits per heavy atom. The molecule has 2 heterocycles.